The fourth-order valence-electron chi connectivity index (χ4n) is 2.18. The van der Waals surface area contributed by atoms with Crippen LogP contribution in [0, 0.1) is 0 Å². The van der Waals surface area contributed by atoms with Crippen molar-refractivity contribution in [1.29, 1.82) is 0 Å². The Kier molecular flexibility index (Phi) is 3.25. The normalized spacial score (nSPS) is 10.8. The molecule has 2 aromatic heterocycles. The zero-order valence-corrected chi connectivity index (χ0v) is 11.1. The maximum Gasteiger partial charge on any atom is 0.342 e. The van der Waals surface area contributed by atoms with Gasteiger partial charge in [0.15, 0.2) is 0 Å². The lowest BCUT2D eigenvalue weighted by atomic mass is 10.1. The van der Waals surface area contributed by atoms with Crippen LogP contribution in [0.3, 0.4) is 0 Å². The van der Waals surface area contributed by atoms with E-state index in [0.717, 1.165) is 5.39 Å². The van der Waals surface area contributed by atoms with E-state index in [1.54, 1.807) is 19.4 Å². The second-order valence-electron chi connectivity index (χ2n) is 4.35. The molecule has 0 amide bonds. The Hall–Kier alpha value is -2.56. The SMILES string of the molecule is CCOC(=O)c1c(Cn2ccnc2)oc2ccccc12. The minimum Gasteiger partial charge on any atom is -0.462 e. The predicted molar refractivity (Wildman–Crippen MR) is 73.5 cm³/mol. The molecule has 0 radical (unpaired) electrons. The second kappa shape index (κ2) is 5.21. The third kappa shape index (κ3) is 2.18. The van der Waals surface area contributed by atoms with Crippen molar-refractivity contribution in [3.05, 3.63) is 54.3 Å². The number of furan rings is 1. The Balaban J connectivity index is 2.09. The number of benzene rings is 1. The van der Waals surface area contributed by atoms with Crippen molar-refractivity contribution in [2.45, 2.75) is 13.5 Å². The molecule has 0 aliphatic rings. The summed E-state index contributed by atoms with van der Waals surface area (Å²) in [5.41, 5.74) is 1.18. The van der Waals surface area contributed by atoms with Crippen LogP contribution >= 0.6 is 0 Å². The van der Waals surface area contributed by atoms with Gasteiger partial charge in [-0.15, -0.1) is 0 Å². The van der Waals surface area contributed by atoms with Crippen molar-refractivity contribution in [1.82, 2.24) is 9.55 Å². The van der Waals surface area contributed by atoms with Crippen molar-refractivity contribution in [2.24, 2.45) is 0 Å². The maximum absolute atomic E-state index is 12.2. The molecule has 5 nitrogen and oxygen atoms in total. The van der Waals surface area contributed by atoms with E-state index in [4.69, 9.17) is 9.15 Å². The van der Waals surface area contributed by atoms with Crippen LogP contribution in [0.1, 0.15) is 23.0 Å². The minimum absolute atomic E-state index is 0.336. The maximum atomic E-state index is 12.2. The zero-order valence-electron chi connectivity index (χ0n) is 11.1. The van der Waals surface area contributed by atoms with Gasteiger partial charge in [-0.2, -0.15) is 0 Å². The summed E-state index contributed by atoms with van der Waals surface area (Å²) in [4.78, 5) is 16.2. The number of hydrogen-bond acceptors (Lipinski definition) is 4. The molecule has 0 saturated carbocycles. The summed E-state index contributed by atoms with van der Waals surface area (Å²) >= 11 is 0. The first kappa shape index (κ1) is 12.5. The van der Waals surface area contributed by atoms with Gasteiger partial charge in [0.2, 0.25) is 0 Å². The number of carbonyl (C=O) groups excluding carboxylic acids is 1. The van der Waals surface area contributed by atoms with Crippen LogP contribution in [0.25, 0.3) is 11.0 Å². The fraction of sp³-hybridized carbons (Fsp3) is 0.200. The molecule has 5 heteroatoms. The van der Waals surface area contributed by atoms with E-state index in [-0.39, 0.29) is 5.97 Å². The molecular formula is C15H14N2O3. The Bertz CT molecular complexity index is 729. The van der Waals surface area contributed by atoms with Gasteiger partial charge >= 0.3 is 5.97 Å². The first-order valence-corrected chi connectivity index (χ1v) is 6.43. The van der Waals surface area contributed by atoms with Gasteiger partial charge in [0.05, 0.1) is 19.5 Å². The van der Waals surface area contributed by atoms with E-state index < -0.39 is 0 Å². The van der Waals surface area contributed by atoms with Crippen molar-refractivity contribution in [3.8, 4) is 0 Å². The summed E-state index contributed by atoms with van der Waals surface area (Å²) < 4.78 is 12.8. The monoisotopic (exact) mass is 270 g/mol. The summed E-state index contributed by atoms with van der Waals surface area (Å²) in [6, 6.07) is 7.46. The number of rotatable bonds is 4. The molecular weight excluding hydrogens is 256 g/mol. The summed E-state index contributed by atoms with van der Waals surface area (Å²) in [5, 5.41) is 0.779. The van der Waals surface area contributed by atoms with Crippen LogP contribution in [0.15, 0.2) is 47.4 Å². The van der Waals surface area contributed by atoms with Crippen LogP contribution in [-0.4, -0.2) is 22.1 Å². The van der Waals surface area contributed by atoms with E-state index in [1.807, 2.05) is 35.0 Å². The molecule has 0 bridgehead atoms. The molecule has 0 atom stereocenters. The molecule has 3 rings (SSSR count). The Morgan fingerprint density at radius 1 is 1.40 bits per heavy atom. The molecule has 1 aromatic carbocycles. The van der Waals surface area contributed by atoms with Crippen molar-refractivity contribution < 1.29 is 13.9 Å². The summed E-state index contributed by atoms with van der Waals surface area (Å²) in [7, 11) is 0. The molecule has 0 fully saturated rings. The number of carbonyl (C=O) groups is 1. The molecule has 0 aliphatic heterocycles. The van der Waals surface area contributed by atoms with E-state index in [0.29, 0.717) is 30.1 Å². The molecule has 2 heterocycles. The van der Waals surface area contributed by atoms with E-state index in [2.05, 4.69) is 4.98 Å². The number of hydrogen-bond donors (Lipinski definition) is 0. The van der Waals surface area contributed by atoms with Crippen LogP contribution in [-0.2, 0) is 11.3 Å². The van der Waals surface area contributed by atoms with Gasteiger partial charge in [-0.05, 0) is 13.0 Å². The van der Waals surface area contributed by atoms with E-state index >= 15 is 0 Å². The third-order valence-corrected chi connectivity index (χ3v) is 3.03. The molecule has 0 spiro atoms. The molecule has 20 heavy (non-hydrogen) atoms. The number of aromatic nitrogens is 2. The highest BCUT2D eigenvalue weighted by Gasteiger charge is 2.21. The lowest BCUT2D eigenvalue weighted by Crippen LogP contribution is -2.08. The predicted octanol–water partition coefficient (Wildman–Crippen LogP) is 2.85. The quantitative estimate of drug-likeness (QED) is 0.684. The van der Waals surface area contributed by atoms with Crippen LogP contribution < -0.4 is 0 Å². The number of fused-ring (bicyclic) bond motifs is 1. The third-order valence-electron chi connectivity index (χ3n) is 3.03. The lowest BCUT2D eigenvalue weighted by molar-refractivity contribution is 0.0525. The van der Waals surface area contributed by atoms with Crippen LogP contribution in [0.5, 0.6) is 0 Å². The van der Waals surface area contributed by atoms with E-state index in [9.17, 15) is 4.79 Å². The second-order valence-corrected chi connectivity index (χ2v) is 4.35. The number of imidazole rings is 1. The highest BCUT2D eigenvalue weighted by molar-refractivity contribution is 6.04. The lowest BCUT2D eigenvalue weighted by Gasteiger charge is -2.03. The van der Waals surface area contributed by atoms with Gasteiger partial charge in [-0.3, -0.25) is 0 Å². The highest BCUT2D eigenvalue weighted by Crippen LogP contribution is 2.27. The number of ether oxygens (including phenoxy) is 1. The van der Waals surface area contributed by atoms with Crippen molar-refractivity contribution >= 4 is 16.9 Å². The van der Waals surface area contributed by atoms with Gasteiger partial charge in [0, 0.05) is 17.8 Å². The summed E-state index contributed by atoms with van der Waals surface area (Å²) in [6.07, 6.45) is 5.19. The molecule has 0 N–H and O–H groups in total. The van der Waals surface area contributed by atoms with Crippen molar-refractivity contribution in [3.63, 3.8) is 0 Å². The smallest absolute Gasteiger partial charge is 0.342 e. The Morgan fingerprint density at radius 3 is 3.00 bits per heavy atom. The zero-order chi connectivity index (χ0) is 13.9. The number of nitrogens with zero attached hydrogens (tertiary/aromatic N) is 2. The van der Waals surface area contributed by atoms with Gasteiger partial charge in [0.25, 0.3) is 0 Å². The fourth-order valence-corrected chi connectivity index (χ4v) is 2.18. The summed E-state index contributed by atoms with van der Waals surface area (Å²) in [6.45, 7) is 2.57. The molecule has 0 aliphatic carbocycles. The Labute approximate surface area is 115 Å². The average Bonchev–Trinajstić information content (AvgIpc) is 3.06. The highest BCUT2D eigenvalue weighted by atomic mass is 16.5. The standard InChI is InChI=1S/C15H14N2O3/c1-2-19-15(18)14-11-5-3-4-6-12(11)20-13(14)9-17-8-7-16-10-17/h3-8,10H,2,9H2,1H3. The number of para-hydroxylation sites is 1. The Morgan fingerprint density at radius 2 is 2.25 bits per heavy atom. The largest absolute Gasteiger partial charge is 0.462 e. The summed E-state index contributed by atoms with van der Waals surface area (Å²) in [5.74, 6) is 0.232. The van der Waals surface area contributed by atoms with Gasteiger partial charge in [0.1, 0.15) is 16.9 Å². The van der Waals surface area contributed by atoms with Gasteiger partial charge < -0.3 is 13.7 Å². The minimum atomic E-state index is -0.354. The molecule has 0 unspecified atom stereocenters. The number of esters is 1. The molecule has 0 saturated heterocycles. The first-order valence-electron chi connectivity index (χ1n) is 6.43. The van der Waals surface area contributed by atoms with Crippen LogP contribution in [0.2, 0.25) is 0 Å². The van der Waals surface area contributed by atoms with Crippen LogP contribution in [0.4, 0.5) is 0 Å². The average molecular weight is 270 g/mol. The van der Waals surface area contributed by atoms with Crippen molar-refractivity contribution in [2.75, 3.05) is 6.61 Å². The topological polar surface area (TPSA) is 57.3 Å². The van der Waals surface area contributed by atoms with Gasteiger partial charge in [-0.25, -0.2) is 9.78 Å². The molecule has 3 aromatic rings. The van der Waals surface area contributed by atoms with E-state index in [1.165, 1.54) is 0 Å². The first-order chi connectivity index (χ1) is 9.79. The molecule has 102 valence electrons. The van der Waals surface area contributed by atoms with Gasteiger partial charge in [-0.1, -0.05) is 18.2 Å².